The van der Waals surface area contributed by atoms with E-state index >= 15 is 0 Å². The molecule has 0 aromatic carbocycles. The van der Waals surface area contributed by atoms with Crippen molar-refractivity contribution < 1.29 is 4.79 Å². The lowest BCUT2D eigenvalue weighted by molar-refractivity contribution is 0.0821. The van der Waals surface area contributed by atoms with Gasteiger partial charge in [0.2, 0.25) is 0 Å². The molecule has 2 aliphatic rings. The zero-order valence-electron chi connectivity index (χ0n) is 14.2. The smallest absolute Gasteiger partial charge is 0.254 e. The Balaban J connectivity index is 1.70. The number of rotatable bonds is 5. The van der Waals surface area contributed by atoms with Crippen molar-refractivity contribution in [2.75, 3.05) is 19.6 Å². The predicted molar refractivity (Wildman–Crippen MR) is 90.4 cm³/mol. The Labute approximate surface area is 138 Å². The molecule has 23 heavy (non-hydrogen) atoms. The van der Waals surface area contributed by atoms with Crippen LogP contribution in [0.1, 0.15) is 68.1 Å². The normalized spacial score (nSPS) is 21.3. The van der Waals surface area contributed by atoms with Crippen LogP contribution in [0.15, 0.2) is 12.4 Å². The highest BCUT2D eigenvalue weighted by atomic mass is 16.1. The third-order valence-electron chi connectivity index (χ3n) is 5.20. The quantitative estimate of drug-likeness (QED) is 0.907. The van der Waals surface area contributed by atoms with Crippen LogP contribution >= 0.6 is 0 Å². The van der Waals surface area contributed by atoms with Crippen LogP contribution in [-0.2, 0) is 6.42 Å². The highest BCUT2D eigenvalue weighted by molar-refractivity contribution is 5.94. The fourth-order valence-electron chi connectivity index (χ4n) is 3.89. The summed E-state index contributed by atoms with van der Waals surface area (Å²) in [6.07, 6.45) is 12.6. The van der Waals surface area contributed by atoms with E-state index in [0.29, 0.717) is 5.56 Å². The molecule has 1 saturated heterocycles. The van der Waals surface area contributed by atoms with Crippen LogP contribution in [-0.4, -0.2) is 45.9 Å². The lowest BCUT2D eigenvalue weighted by Gasteiger charge is -2.41. The number of amides is 1. The first kappa shape index (κ1) is 16.4. The van der Waals surface area contributed by atoms with Gasteiger partial charge in [-0.2, -0.15) is 0 Å². The van der Waals surface area contributed by atoms with Gasteiger partial charge in [-0.3, -0.25) is 4.79 Å². The van der Waals surface area contributed by atoms with Crippen LogP contribution in [0, 0.1) is 0 Å². The zero-order chi connectivity index (χ0) is 16.1. The third-order valence-corrected chi connectivity index (χ3v) is 5.20. The SMILES string of the molecule is CCc1ncc(C(=O)NC2(CN3CCCC3)CCCCC2)cn1. The average molecular weight is 316 g/mol. The van der Waals surface area contributed by atoms with E-state index in [1.54, 1.807) is 12.4 Å². The zero-order valence-corrected chi connectivity index (χ0v) is 14.2. The van der Waals surface area contributed by atoms with Gasteiger partial charge >= 0.3 is 0 Å². The Morgan fingerprint density at radius 2 is 1.78 bits per heavy atom. The molecule has 1 aromatic rings. The highest BCUT2D eigenvalue weighted by Gasteiger charge is 2.36. The van der Waals surface area contributed by atoms with Gasteiger partial charge in [-0.25, -0.2) is 9.97 Å². The molecular formula is C18H28N4O. The van der Waals surface area contributed by atoms with Gasteiger partial charge in [-0.05, 0) is 38.8 Å². The molecule has 5 nitrogen and oxygen atoms in total. The molecule has 1 aromatic heterocycles. The van der Waals surface area contributed by atoms with Crippen LogP contribution in [0.2, 0.25) is 0 Å². The van der Waals surface area contributed by atoms with E-state index in [1.165, 1.54) is 45.2 Å². The molecule has 0 bridgehead atoms. The summed E-state index contributed by atoms with van der Waals surface area (Å²) < 4.78 is 0. The molecule has 2 fully saturated rings. The van der Waals surface area contributed by atoms with Crippen LogP contribution in [0.25, 0.3) is 0 Å². The molecule has 1 amide bonds. The molecule has 3 rings (SSSR count). The van der Waals surface area contributed by atoms with Crippen molar-refractivity contribution in [3.8, 4) is 0 Å². The molecule has 0 atom stereocenters. The summed E-state index contributed by atoms with van der Waals surface area (Å²) in [5.41, 5.74) is 0.511. The van der Waals surface area contributed by atoms with Gasteiger partial charge in [0.25, 0.3) is 5.91 Å². The largest absolute Gasteiger partial charge is 0.345 e. The first-order valence-corrected chi connectivity index (χ1v) is 9.07. The van der Waals surface area contributed by atoms with E-state index in [4.69, 9.17) is 0 Å². The summed E-state index contributed by atoms with van der Waals surface area (Å²) in [6, 6.07) is 0. The monoisotopic (exact) mass is 316 g/mol. The fraction of sp³-hybridized carbons (Fsp3) is 0.722. The maximum atomic E-state index is 12.7. The maximum Gasteiger partial charge on any atom is 0.254 e. The van der Waals surface area contributed by atoms with Crippen LogP contribution in [0.4, 0.5) is 0 Å². The number of carbonyl (C=O) groups is 1. The van der Waals surface area contributed by atoms with Crippen LogP contribution < -0.4 is 5.32 Å². The second-order valence-electron chi connectivity index (χ2n) is 7.02. The van der Waals surface area contributed by atoms with Gasteiger partial charge in [-0.15, -0.1) is 0 Å². The molecule has 126 valence electrons. The summed E-state index contributed by atoms with van der Waals surface area (Å²) in [7, 11) is 0. The summed E-state index contributed by atoms with van der Waals surface area (Å²) in [5, 5.41) is 3.35. The molecule has 1 N–H and O–H groups in total. The van der Waals surface area contributed by atoms with Gasteiger partial charge in [-0.1, -0.05) is 26.2 Å². The Bertz CT molecular complexity index is 516. The van der Waals surface area contributed by atoms with Crippen molar-refractivity contribution in [2.24, 2.45) is 0 Å². The van der Waals surface area contributed by atoms with E-state index in [-0.39, 0.29) is 11.4 Å². The summed E-state index contributed by atoms with van der Waals surface area (Å²) in [5.74, 6) is 0.764. The minimum Gasteiger partial charge on any atom is -0.345 e. The molecule has 1 aliphatic heterocycles. The van der Waals surface area contributed by atoms with Gasteiger partial charge in [0.15, 0.2) is 0 Å². The summed E-state index contributed by atoms with van der Waals surface area (Å²) >= 11 is 0. The lowest BCUT2D eigenvalue weighted by atomic mass is 9.81. The Kier molecular flexibility index (Phi) is 5.26. The minimum atomic E-state index is -0.0664. The van der Waals surface area contributed by atoms with Crippen molar-refractivity contribution in [3.63, 3.8) is 0 Å². The molecular weight excluding hydrogens is 288 g/mol. The molecule has 1 saturated carbocycles. The number of nitrogens with one attached hydrogen (secondary N) is 1. The molecule has 0 spiro atoms. The Morgan fingerprint density at radius 3 is 2.39 bits per heavy atom. The topological polar surface area (TPSA) is 58.1 Å². The van der Waals surface area contributed by atoms with E-state index < -0.39 is 0 Å². The number of likely N-dealkylation sites (tertiary alicyclic amines) is 1. The first-order chi connectivity index (χ1) is 11.2. The van der Waals surface area contributed by atoms with Gasteiger partial charge in [0, 0.05) is 25.4 Å². The molecule has 2 heterocycles. The molecule has 1 aliphatic carbocycles. The van der Waals surface area contributed by atoms with Gasteiger partial charge in [0.1, 0.15) is 5.82 Å². The summed E-state index contributed by atoms with van der Waals surface area (Å²) in [4.78, 5) is 23.7. The Morgan fingerprint density at radius 1 is 1.13 bits per heavy atom. The second-order valence-corrected chi connectivity index (χ2v) is 7.02. The highest BCUT2D eigenvalue weighted by Crippen LogP contribution is 2.30. The molecule has 0 radical (unpaired) electrons. The second kappa shape index (κ2) is 7.39. The molecule has 0 unspecified atom stereocenters. The van der Waals surface area contributed by atoms with E-state index in [0.717, 1.165) is 31.6 Å². The number of hydrogen-bond acceptors (Lipinski definition) is 4. The number of nitrogens with zero attached hydrogens (tertiary/aromatic N) is 3. The summed E-state index contributed by atoms with van der Waals surface area (Å²) in [6.45, 7) is 5.35. The van der Waals surface area contributed by atoms with E-state index in [1.807, 2.05) is 6.92 Å². The first-order valence-electron chi connectivity index (χ1n) is 9.07. The minimum absolute atomic E-state index is 0.0197. The third kappa shape index (κ3) is 4.08. The fourth-order valence-corrected chi connectivity index (χ4v) is 3.89. The van der Waals surface area contributed by atoms with Gasteiger partial charge < -0.3 is 10.2 Å². The van der Waals surface area contributed by atoms with Gasteiger partial charge in [0.05, 0.1) is 11.1 Å². The van der Waals surface area contributed by atoms with Crippen LogP contribution in [0.5, 0.6) is 0 Å². The standard InChI is InChI=1S/C18H28N4O/c1-2-16-19-12-15(13-20-16)17(23)21-18(8-4-3-5-9-18)14-22-10-6-7-11-22/h12-13H,2-11,14H2,1H3,(H,21,23). The van der Waals surface area contributed by atoms with Crippen molar-refractivity contribution in [3.05, 3.63) is 23.8 Å². The van der Waals surface area contributed by atoms with E-state index in [9.17, 15) is 4.79 Å². The van der Waals surface area contributed by atoms with E-state index in [2.05, 4.69) is 20.2 Å². The van der Waals surface area contributed by atoms with Crippen molar-refractivity contribution in [2.45, 2.75) is 63.8 Å². The number of aryl methyl sites for hydroxylation is 1. The average Bonchev–Trinajstić information content (AvgIpc) is 3.08. The number of carbonyl (C=O) groups excluding carboxylic acids is 1. The van der Waals surface area contributed by atoms with Crippen molar-refractivity contribution in [1.82, 2.24) is 20.2 Å². The number of aromatic nitrogens is 2. The molecule has 5 heteroatoms. The number of hydrogen-bond donors (Lipinski definition) is 1. The van der Waals surface area contributed by atoms with Crippen LogP contribution in [0.3, 0.4) is 0 Å². The predicted octanol–water partition coefficient (Wildman–Crippen LogP) is 2.57. The van der Waals surface area contributed by atoms with Crippen molar-refractivity contribution in [1.29, 1.82) is 0 Å². The van der Waals surface area contributed by atoms with Crippen molar-refractivity contribution >= 4 is 5.91 Å². The lowest BCUT2D eigenvalue weighted by Crippen LogP contribution is -2.56. The Hall–Kier alpha value is -1.49. The maximum absolute atomic E-state index is 12.7.